The molecule has 85 heavy (non-hydrogen) atoms. The molecule has 2 aromatic carbocycles. The van der Waals surface area contributed by atoms with E-state index in [1.165, 1.54) is 71.8 Å². The number of benzene rings is 2. The van der Waals surface area contributed by atoms with E-state index in [4.69, 9.17) is 39.9 Å². The molecule has 2 heterocycles. The average Bonchev–Trinajstić information content (AvgIpc) is 2.62. The van der Waals surface area contributed by atoms with Crippen LogP contribution in [0, 0.1) is 17.8 Å². The first-order valence-corrected chi connectivity index (χ1v) is 27.9. The first-order chi connectivity index (χ1) is 40.3. The van der Waals surface area contributed by atoms with Crippen molar-refractivity contribution in [1.82, 2.24) is 5.32 Å². The van der Waals surface area contributed by atoms with Crippen molar-refractivity contribution in [3.8, 4) is 23.0 Å². The molecule has 4 bridgehead atoms. The standard InChI is InChI=1S/C62H85N7O16/c1-33-25-41-51(45(70)31-43(55(41)74)68-59(76)35(3)17-13-19-47(80-9)57(84-61(63)78)39(7)29-37(5)53(72)49(27-33)82-11)66-23-15-21-65-22-16-24-67-52-42-26-34(2)28-50(83-12)54(73)38(6)30-40(8)58(85-62(64)79)48(81-10)20-14-18-36(4)60(77)69-44(56(42)75)32-46(52)71/h13-14,17-20,23,26,29-33,38-39,47-50,57-58,65,67,70-71,74-75H,15-16,21-22,24-25,27-28H2,1-12H3,(H2,63,78)(H2,64,79)(H,68,76)(H,69,77)/t33-,38-,39?,47+,48-,49+,50-,57+,58-/m0/s1. The number of rotatable bonds is 15. The highest BCUT2D eigenvalue weighted by atomic mass is 16.6. The highest BCUT2D eigenvalue weighted by Gasteiger charge is 2.32. The molecule has 23 nitrogen and oxygen atoms in total. The molecule has 9 atom stereocenters. The Hall–Kier alpha value is -8.09. The van der Waals surface area contributed by atoms with Gasteiger partial charge in [0.05, 0.1) is 17.1 Å². The van der Waals surface area contributed by atoms with Gasteiger partial charge < -0.3 is 81.6 Å². The molecular weight excluding hydrogens is 1100 g/mol. The van der Waals surface area contributed by atoms with Crippen LogP contribution in [0.3, 0.4) is 0 Å². The Labute approximate surface area is 496 Å². The van der Waals surface area contributed by atoms with Crippen LogP contribution < -0.4 is 32.7 Å². The van der Waals surface area contributed by atoms with Crippen molar-refractivity contribution in [2.45, 2.75) is 124 Å². The van der Waals surface area contributed by atoms with E-state index in [-0.39, 0.29) is 105 Å². The van der Waals surface area contributed by atoms with E-state index in [1.54, 1.807) is 78.1 Å². The third kappa shape index (κ3) is 20.0. The normalized spacial score (nSPS) is 23.7. The number of amides is 4. The zero-order valence-corrected chi connectivity index (χ0v) is 50.6. The molecule has 4 rings (SSSR count). The minimum absolute atomic E-state index is 0.0653. The molecule has 12 N–H and O–H groups in total. The zero-order valence-electron chi connectivity index (χ0n) is 50.6. The van der Waals surface area contributed by atoms with E-state index < -0.39 is 72.5 Å². The van der Waals surface area contributed by atoms with E-state index in [1.807, 2.05) is 6.92 Å². The van der Waals surface area contributed by atoms with Crippen molar-refractivity contribution < 1.29 is 77.6 Å². The number of ketones is 2. The van der Waals surface area contributed by atoms with E-state index in [0.717, 1.165) is 0 Å². The summed E-state index contributed by atoms with van der Waals surface area (Å²) in [6, 6.07) is 2.43. The Bertz CT molecular complexity index is 3000. The molecule has 2 aromatic rings. The Morgan fingerprint density at radius 3 is 1.89 bits per heavy atom. The molecule has 4 amide bonds. The topological polar surface area (TPSA) is 351 Å². The molecule has 464 valence electrons. The highest BCUT2D eigenvalue weighted by molar-refractivity contribution is 6.06. The summed E-state index contributed by atoms with van der Waals surface area (Å²) in [6.45, 7) is 14.6. The lowest BCUT2D eigenvalue weighted by Crippen LogP contribution is -2.38. The monoisotopic (exact) mass is 1180 g/mol. The summed E-state index contributed by atoms with van der Waals surface area (Å²) in [5.74, 6) is -4.74. The molecule has 2 aliphatic heterocycles. The van der Waals surface area contributed by atoms with Gasteiger partial charge in [-0.05, 0) is 90.0 Å². The number of fused-ring (bicyclic) bond motifs is 4. The van der Waals surface area contributed by atoms with Crippen molar-refractivity contribution >= 4 is 70.6 Å². The lowest BCUT2D eigenvalue weighted by Gasteiger charge is -2.27. The van der Waals surface area contributed by atoms with Crippen molar-refractivity contribution in [2.24, 2.45) is 34.2 Å². The fourth-order valence-electron chi connectivity index (χ4n) is 9.79. The molecular formula is C62H85N7O16. The number of carbonyl (C=O) groups excluding carboxylic acids is 6. The van der Waals surface area contributed by atoms with Gasteiger partial charge in [0.1, 0.15) is 59.2 Å². The van der Waals surface area contributed by atoms with Crippen LogP contribution in [0.4, 0.5) is 32.3 Å². The second-order valence-corrected chi connectivity index (χ2v) is 21.2. The Morgan fingerprint density at radius 1 is 0.718 bits per heavy atom. The third-order valence-electron chi connectivity index (χ3n) is 14.4. The number of phenolic OH excluding ortho intramolecular Hbond substituents is 4. The molecule has 0 saturated heterocycles. The van der Waals surface area contributed by atoms with Gasteiger partial charge in [0.15, 0.2) is 17.7 Å². The van der Waals surface area contributed by atoms with Crippen molar-refractivity contribution in [2.75, 3.05) is 64.0 Å². The van der Waals surface area contributed by atoms with Crippen LogP contribution >= 0.6 is 0 Å². The van der Waals surface area contributed by atoms with Gasteiger partial charge in [-0.3, -0.25) is 24.2 Å². The SMILES string of the molecule is CO[C@H]1CC(C)=Cc2c(O)c(cc(O)c2NCCCNCCC=Nc2c(O)cc3c(O)c2C[C@H](C)C[C@@H](OC)C(=O)C(C)=CC(C)[C@@H](OC(N)=O)[C@H](OC)C=CC=C(C)C(=O)N3)NC(=O)C(C)=CC=C[C@H](OC)[C@@H](OC(N)=O)C(C)=C[C@H](C)C1=O. The van der Waals surface area contributed by atoms with E-state index >= 15 is 0 Å². The summed E-state index contributed by atoms with van der Waals surface area (Å²) in [4.78, 5) is 83.1. The maximum atomic E-state index is 13.9. The van der Waals surface area contributed by atoms with Crippen molar-refractivity contribution in [3.05, 3.63) is 99.7 Å². The number of nitrogens with one attached hydrogen (secondary N) is 4. The van der Waals surface area contributed by atoms with Crippen LogP contribution in [0.2, 0.25) is 0 Å². The first kappa shape index (κ1) is 69.4. The molecule has 0 radical (unpaired) electrons. The van der Waals surface area contributed by atoms with Gasteiger partial charge in [-0.15, -0.1) is 0 Å². The van der Waals surface area contributed by atoms with Crippen LogP contribution in [0.25, 0.3) is 6.08 Å². The zero-order chi connectivity index (χ0) is 63.2. The second-order valence-electron chi connectivity index (χ2n) is 21.2. The number of aromatic hydroxyl groups is 4. The number of Topliss-reactive ketones (excluding diaryl/α,β-unsaturated/α-hetero) is 2. The lowest BCUT2D eigenvalue weighted by molar-refractivity contribution is -0.131. The molecule has 1 unspecified atom stereocenters. The number of methoxy groups -OCH3 is 4. The van der Waals surface area contributed by atoms with Gasteiger partial charge in [-0.1, -0.05) is 75.0 Å². The van der Waals surface area contributed by atoms with Gasteiger partial charge in [0, 0.05) is 100 Å². The molecule has 2 aliphatic rings. The minimum atomic E-state index is -1.06. The molecule has 0 aromatic heterocycles. The maximum Gasteiger partial charge on any atom is 0.405 e. The van der Waals surface area contributed by atoms with E-state index in [9.17, 15) is 49.2 Å². The highest BCUT2D eigenvalue weighted by Crippen LogP contribution is 2.45. The molecule has 23 heteroatoms. The predicted molar refractivity (Wildman–Crippen MR) is 325 cm³/mol. The summed E-state index contributed by atoms with van der Waals surface area (Å²) in [5.41, 5.74) is 13.1. The number of aliphatic imine (C=N–C) groups is 1. The van der Waals surface area contributed by atoms with Crippen LogP contribution in [-0.2, 0) is 54.0 Å². The number of nitrogens with zero attached hydrogens (tertiary/aromatic N) is 1. The number of allylic oxidation sites excluding steroid dienone is 5. The number of anilines is 3. The number of carbonyl (C=O) groups is 6. The van der Waals surface area contributed by atoms with Crippen LogP contribution in [0.15, 0.2) is 93.6 Å². The summed E-state index contributed by atoms with van der Waals surface area (Å²) < 4.78 is 33.4. The summed E-state index contributed by atoms with van der Waals surface area (Å²) in [7, 11) is 5.62. The van der Waals surface area contributed by atoms with Gasteiger partial charge >= 0.3 is 12.2 Å². The Kier molecular flexibility index (Phi) is 27.3. The molecule has 0 aliphatic carbocycles. The Morgan fingerprint density at radius 2 is 1.31 bits per heavy atom. The summed E-state index contributed by atoms with van der Waals surface area (Å²) in [6.07, 6.45) is 9.24. The molecule has 0 spiro atoms. The quantitative estimate of drug-likeness (QED) is 0.0264. The third-order valence-corrected chi connectivity index (χ3v) is 14.4. The van der Waals surface area contributed by atoms with Gasteiger partial charge in [0.2, 0.25) is 0 Å². The number of hydrogen-bond acceptors (Lipinski definition) is 19. The minimum Gasteiger partial charge on any atom is -0.506 e. The number of nitrogens with two attached hydrogens (primary N) is 2. The van der Waals surface area contributed by atoms with Crippen molar-refractivity contribution in [1.29, 1.82) is 0 Å². The fraction of sp³-hybridized carbons (Fsp3) is 0.468. The maximum absolute atomic E-state index is 13.9. The van der Waals surface area contributed by atoms with E-state index in [2.05, 4.69) is 26.3 Å². The molecule has 0 saturated carbocycles. The Balaban J connectivity index is 1.55. The second kappa shape index (κ2) is 33.4. The van der Waals surface area contributed by atoms with Crippen LogP contribution in [0.5, 0.6) is 23.0 Å². The average molecular weight is 1180 g/mol. The smallest absolute Gasteiger partial charge is 0.405 e. The van der Waals surface area contributed by atoms with Gasteiger partial charge in [-0.25, -0.2) is 9.59 Å². The number of hydrogen-bond donors (Lipinski definition) is 10. The van der Waals surface area contributed by atoms with Gasteiger partial charge in [0.25, 0.3) is 11.8 Å². The predicted octanol–water partition coefficient (Wildman–Crippen LogP) is 8.26. The lowest BCUT2D eigenvalue weighted by atomic mass is 9.89. The number of primary amides is 2. The van der Waals surface area contributed by atoms with Gasteiger partial charge in [-0.2, -0.15) is 0 Å². The number of ether oxygens (including phenoxy) is 6. The largest absolute Gasteiger partial charge is 0.506 e. The first-order valence-electron chi connectivity index (χ1n) is 27.9. The fourth-order valence-corrected chi connectivity index (χ4v) is 9.79. The summed E-state index contributed by atoms with van der Waals surface area (Å²) >= 11 is 0. The molecule has 0 fully saturated rings. The summed E-state index contributed by atoms with van der Waals surface area (Å²) in [5, 5.41) is 58.2. The van der Waals surface area contributed by atoms with E-state index in [0.29, 0.717) is 49.2 Å². The van der Waals surface area contributed by atoms with Crippen molar-refractivity contribution in [3.63, 3.8) is 0 Å². The van der Waals surface area contributed by atoms with Crippen LogP contribution in [0.1, 0.15) is 92.2 Å². The van der Waals surface area contributed by atoms with Crippen LogP contribution in [-0.4, -0.2) is 147 Å². The number of phenols is 4.